The molecular weight excluding hydrogens is 356 g/mol. The Kier molecular flexibility index (Phi) is 4.28. The van der Waals surface area contributed by atoms with Crippen LogP contribution in [0.15, 0.2) is 59.2 Å². The second-order valence-electron chi connectivity index (χ2n) is 6.76. The molecule has 1 aliphatic heterocycles. The molecule has 0 unspecified atom stereocenters. The summed E-state index contributed by atoms with van der Waals surface area (Å²) in [6, 6.07) is 16.2. The molecule has 2 aromatic carbocycles. The van der Waals surface area contributed by atoms with Gasteiger partial charge in [0.2, 0.25) is 0 Å². The van der Waals surface area contributed by atoms with Crippen LogP contribution in [0.25, 0.3) is 16.3 Å². The van der Waals surface area contributed by atoms with Crippen molar-refractivity contribution >= 4 is 50.1 Å². The highest BCUT2D eigenvalue weighted by Crippen LogP contribution is 2.31. The number of rotatable bonds is 3. The van der Waals surface area contributed by atoms with Crippen molar-refractivity contribution in [2.75, 3.05) is 24.0 Å². The highest BCUT2D eigenvalue weighted by Gasteiger charge is 2.39. The van der Waals surface area contributed by atoms with Crippen LogP contribution in [0.1, 0.15) is 12.5 Å². The van der Waals surface area contributed by atoms with Crippen LogP contribution in [0.5, 0.6) is 0 Å². The minimum absolute atomic E-state index is 0.0913. The van der Waals surface area contributed by atoms with Gasteiger partial charge in [-0.3, -0.25) is 0 Å². The Morgan fingerprint density at radius 3 is 2.48 bits per heavy atom. The van der Waals surface area contributed by atoms with Crippen molar-refractivity contribution < 1.29 is 9.36 Å². The number of hydrogen-bond acceptors (Lipinski definition) is 4. The number of fused-ring (bicyclic) bond motifs is 1. The lowest BCUT2D eigenvalue weighted by Crippen LogP contribution is -2.36. The fourth-order valence-electron chi connectivity index (χ4n) is 3.13. The summed E-state index contributed by atoms with van der Waals surface area (Å²) in [5.41, 5.74) is 4.56. The lowest BCUT2D eigenvalue weighted by atomic mass is 10.1. The monoisotopic (exact) mass is 377 g/mol. The molecule has 0 aliphatic carbocycles. The van der Waals surface area contributed by atoms with Gasteiger partial charge < -0.3 is 4.90 Å². The number of hydrazone groups is 1. The van der Waals surface area contributed by atoms with E-state index in [2.05, 4.69) is 17.2 Å². The largest absolute Gasteiger partial charge is 0.378 e. The number of benzene rings is 2. The molecule has 27 heavy (non-hydrogen) atoms. The zero-order valence-electron chi connectivity index (χ0n) is 15.8. The highest BCUT2D eigenvalue weighted by atomic mass is 32.1. The quantitative estimate of drug-likeness (QED) is 0.517. The lowest BCUT2D eigenvalue weighted by molar-refractivity contribution is -0.627. The molecular formula is C21H21N4OS+. The topological polar surface area (TPSA) is 39.8 Å². The third kappa shape index (κ3) is 3.02. The van der Waals surface area contributed by atoms with Crippen LogP contribution in [0.2, 0.25) is 0 Å². The summed E-state index contributed by atoms with van der Waals surface area (Å²) in [5, 5.41) is 6.86. The van der Waals surface area contributed by atoms with Gasteiger partial charge in [0, 0.05) is 19.8 Å². The molecule has 4 rings (SSSR count). The number of nitrogens with zero attached hydrogens (tertiary/aromatic N) is 4. The number of para-hydroxylation sites is 1. The Bertz CT molecular complexity index is 1090. The van der Waals surface area contributed by atoms with Gasteiger partial charge in [-0.05, 0) is 59.2 Å². The Balaban J connectivity index is 1.69. The van der Waals surface area contributed by atoms with Crippen LogP contribution in [0, 0.1) is 0 Å². The van der Waals surface area contributed by atoms with E-state index in [1.54, 1.807) is 11.3 Å². The maximum atomic E-state index is 13.1. The summed E-state index contributed by atoms with van der Waals surface area (Å²) >= 11 is 1.57. The van der Waals surface area contributed by atoms with E-state index in [0.717, 1.165) is 32.3 Å². The summed E-state index contributed by atoms with van der Waals surface area (Å²) in [5.74, 6) is -0.0913. The Morgan fingerprint density at radius 2 is 1.81 bits per heavy atom. The fraction of sp³-hybridized carbons (Fsp3) is 0.190. The maximum absolute atomic E-state index is 13.1. The third-order valence-electron chi connectivity index (χ3n) is 4.68. The first-order valence-electron chi connectivity index (χ1n) is 8.72. The van der Waals surface area contributed by atoms with Crippen LogP contribution in [0.3, 0.4) is 0 Å². The number of aryl methyl sites for hydroxylation is 1. The smallest absolute Gasteiger partial charge is 0.370 e. The SMILES string of the molecule is CC1=NN(c2sc3ccccc3[n+]2C)C(=O)/C1=C/c1ccc(N(C)C)cc1. The van der Waals surface area contributed by atoms with Gasteiger partial charge in [0.15, 0.2) is 0 Å². The molecule has 136 valence electrons. The standard InChI is InChI=1S/C21H21N4OS/c1-14-17(13-15-9-11-16(12-10-15)23(2)3)20(26)25(22-14)21-24(4)18-7-5-6-8-19(18)27-21/h5-13H,1-4H3/q+1/b17-13+. The number of carbonyl (C=O) groups is 1. The average Bonchev–Trinajstić information content (AvgIpc) is 3.14. The number of aromatic nitrogens is 1. The average molecular weight is 377 g/mol. The summed E-state index contributed by atoms with van der Waals surface area (Å²) in [7, 11) is 5.98. The lowest BCUT2D eigenvalue weighted by Gasteiger charge is -2.11. The van der Waals surface area contributed by atoms with Gasteiger partial charge in [-0.2, -0.15) is 0 Å². The molecule has 6 heteroatoms. The molecule has 0 saturated carbocycles. The van der Waals surface area contributed by atoms with Crippen molar-refractivity contribution in [2.24, 2.45) is 12.1 Å². The van der Waals surface area contributed by atoms with Crippen molar-refractivity contribution in [3.63, 3.8) is 0 Å². The molecule has 1 aromatic heterocycles. The van der Waals surface area contributed by atoms with E-state index in [4.69, 9.17) is 0 Å². The van der Waals surface area contributed by atoms with Crippen LogP contribution in [-0.4, -0.2) is 25.7 Å². The number of carbonyl (C=O) groups excluding carboxylic acids is 1. The molecule has 0 atom stereocenters. The molecule has 5 nitrogen and oxygen atoms in total. The van der Waals surface area contributed by atoms with Crippen LogP contribution < -0.4 is 14.5 Å². The first-order chi connectivity index (χ1) is 13.0. The third-order valence-corrected chi connectivity index (χ3v) is 5.87. The van der Waals surface area contributed by atoms with Gasteiger partial charge in [-0.1, -0.05) is 29.4 Å². The molecule has 2 heterocycles. The zero-order valence-corrected chi connectivity index (χ0v) is 16.6. The number of amides is 1. The molecule has 0 N–H and O–H groups in total. The molecule has 3 aromatic rings. The van der Waals surface area contributed by atoms with E-state index in [1.165, 1.54) is 5.01 Å². The van der Waals surface area contributed by atoms with Crippen molar-refractivity contribution in [1.29, 1.82) is 0 Å². The highest BCUT2D eigenvalue weighted by molar-refractivity contribution is 7.21. The van der Waals surface area contributed by atoms with Crippen LogP contribution >= 0.6 is 11.3 Å². The van der Waals surface area contributed by atoms with Gasteiger partial charge in [0.25, 0.3) is 0 Å². The van der Waals surface area contributed by atoms with E-state index < -0.39 is 0 Å². The van der Waals surface area contributed by atoms with E-state index in [0.29, 0.717) is 5.57 Å². The second-order valence-corrected chi connectivity index (χ2v) is 7.77. The predicted octanol–water partition coefficient (Wildman–Crippen LogP) is 3.60. The molecule has 0 radical (unpaired) electrons. The molecule has 0 fully saturated rings. The molecule has 1 aliphatic rings. The number of hydrogen-bond donors (Lipinski definition) is 0. The molecule has 0 saturated heterocycles. The summed E-state index contributed by atoms with van der Waals surface area (Å²) in [6.07, 6.45) is 1.91. The van der Waals surface area contributed by atoms with Crippen molar-refractivity contribution in [2.45, 2.75) is 6.92 Å². The van der Waals surface area contributed by atoms with E-state index in [9.17, 15) is 4.79 Å². The molecule has 0 spiro atoms. The van der Waals surface area contributed by atoms with Gasteiger partial charge >= 0.3 is 11.0 Å². The van der Waals surface area contributed by atoms with Crippen LogP contribution in [-0.2, 0) is 11.8 Å². The van der Waals surface area contributed by atoms with E-state index >= 15 is 0 Å². The zero-order chi connectivity index (χ0) is 19.1. The molecule has 1 amide bonds. The van der Waals surface area contributed by atoms with E-state index in [-0.39, 0.29) is 5.91 Å². The first kappa shape index (κ1) is 17.4. The predicted molar refractivity (Wildman–Crippen MR) is 112 cm³/mol. The fourth-order valence-corrected chi connectivity index (χ4v) is 4.22. The molecule has 0 bridgehead atoms. The minimum atomic E-state index is -0.0913. The minimum Gasteiger partial charge on any atom is -0.378 e. The van der Waals surface area contributed by atoms with Crippen molar-refractivity contribution in [1.82, 2.24) is 0 Å². The number of thiazole rings is 1. The summed E-state index contributed by atoms with van der Waals surface area (Å²) in [4.78, 5) is 15.1. The summed E-state index contributed by atoms with van der Waals surface area (Å²) in [6.45, 7) is 1.88. The first-order valence-corrected chi connectivity index (χ1v) is 9.54. The summed E-state index contributed by atoms with van der Waals surface area (Å²) < 4.78 is 3.15. The van der Waals surface area contributed by atoms with Gasteiger partial charge in [0.05, 0.1) is 23.0 Å². The Labute approximate surface area is 162 Å². The van der Waals surface area contributed by atoms with Gasteiger partial charge in [-0.15, -0.1) is 0 Å². The van der Waals surface area contributed by atoms with Crippen molar-refractivity contribution in [3.8, 4) is 0 Å². The maximum Gasteiger partial charge on any atom is 0.370 e. The van der Waals surface area contributed by atoms with E-state index in [1.807, 2.05) is 80.0 Å². The normalized spacial score (nSPS) is 15.7. The van der Waals surface area contributed by atoms with Crippen molar-refractivity contribution in [3.05, 3.63) is 59.7 Å². The second kappa shape index (κ2) is 6.63. The van der Waals surface area contributed by atoms with Gasteiger partial charge in [-0.25, -0.2) is 9.36 Å². The Morgan fingerprint density at radius 1 is 1.11 bits per heavy atom. The van der Waals surface area contributed by atoms with Crippen LogP contribution in [0.4, 0.5) is 10.8 Å². The van der Waals surface area contributed by atoms with Gasteiger partial charge in [0.1, 0.15) is 5.52 Å². The Hall–Kier alpha value is -2.99. The number of anilines is 2.